The minimum atomic E-state index is 0.155. The second-order valence-electron chi connectivity index (χ2n) is 7.37. The first kappa shape index (κ1) is 19.1. The van der Waals surface area contributed by atoms with Crippen LogP contribution in [0.1, 0.15) is 40.0 Å². The van der Waals surface area contributed by atoms with Crippen molar-refractivity contribution in [1.29, 1.82) is 0 Å². The van der Waals surface area contributed by atoms with Gasteiger partial charge in [-0.3, -0.25) is 9.80 Å². The molecule has 2 aliphatic rings. The van der Waals surface area contributed by atoms with Crippen LogP contribution >= 0.6 is 0 Å². The highest BCUT2D eigenvalue weighted by Gasteiger charge is 2.43. The zero-order valence-electron chi connectivity index (χ0n) is 15.6. The van der Waals surface area contributed by atoms with Gasteiger partial charge in [0.1, 0.15) is 0 Å². The molecular formula is C18H36N2O3. The van der Waals surface area contributed by atoms with E-state index in [0.29, 0.717) is 12.2 Å². The highest BCUT2D eigenvalue weighted by molar-refractivity contribution is 4.98. The van der Waals surface area contributed by atoms with Crippen LogP contribution in [0.3, 0.4) is 0 Å². The molecule has 0 N–H and O–H groups in total. The monoisotopic (exact) mass is 328 g/mol. The minimum absolute atomic E-state index is 0.155. The van der Waals surface area contributed by atoms with Crippen molar-refractivity contribution in [2.24, 2.45) is 0 Å². The molecule has 5 nitrogen and oxygen atoms in total. The summed E-state index contributed by atoms with van der Waals surface area (Å²) in [7, 11) is 2.23. The number of hydrogen-bond donors (Lipinski definition) is 0. The molecule has 2 unspecified atom stereocenters. The Morgan fingerprint density at radius 2 is 2.00 bits per heavy atom. The first-order chi connectivity index (χ1) is 11.1. The van der Waals surface area contributed by atoms with Gasteiger partial charge < -0.3 is 14.2 Å². The molecule has 0 radical (unpaired) electrons. The standard InChI is InChI=1S/C18H36N2O3/c1-5-6-18(15-23-16(2)3)13-17(14-19(18)4)22-12-9-20-7-10-21-11-8-20/h16-17H,5-15H2,1-4H3. The third-order valence-electron chi connectivity index (χ3n) is 5.16. The molecule has 136 valence electrons. The van der Waals surface area contributed by atoms with Gasteiger partial charge in [-0.15, -0.1) is 0 Å². The molecule has 0 saturated carbocycles. The Morgan fingerprint density at radius 3 is 2.65 bits per heavy atom. The Morgan fingerprint density at radius 1 is 1.26 bits per heavy atom. The average molecular weight is 328 g/mol. The van der Waals surface area contributed by atoms with E-state index in [1.54, 1.807) is 0 Å². The van der Waals surface area contributed by atoms with Crippen molar-refractivity contribution >= 4 is 0 Å². The van der Waals surface area contributed by atoms with Gasteiger partial charge in [-0.25, -0.2) is 0 Å². The van der Waals surface area contributed by atoms with E-state index in [4.69, 9.17) is 14.2 Å². The fraction of sp³-hybridized carbons (Fsp3) is 1.00. The summed E-state index contributed by atoms with van der Waals surface area (Å²) >= 11 is 0. The summed E-state index contributed by atoms with van der Waals surface area (Å²) < 4.78 is 17.6. The first-order valence-electron chi connectivity index (χ1n) is 9.30. The summed E-state index contributed by atoms with van der Waals surface area (Å²) in [6.45, 7) is 14.0. The van der Waals surface area contributed by atoms with Gasteiger partial charge in [-0.1, -0.05) is 13.3 Å². The molecule has 0 amide bonds. The van der Waals surface area contributed by atoms with E-state index < -0.39 is 0 Å². The molecule has 2 fully saturated rings. The smallest absolute Gasteiger partial charge is 0.0721 e. The lowest BCUT2D eigenvalue weighted by molar-refractivity contribution is -0.0128. The average Bonchev–Trinajstić information content (AvgIpc) is 2.83. The van der Waals surface area contributed by atoms with Crippen LogP contribution in [0.2, 0.25) is 0 Å². The molecule has 23 heavy (non-hydrogen) atoms. The normalized spacial score (nSPS) is 30.4. The van der Waals surface area contributed by atoms with Crippen LogP contribution in [-0.2, 0) is 14.2 Å². The molecular weight excluding hydrogens is 292 g/mol. The number of nitrogens with zero attached hydrogens (tertiary/aromatic N) is 2. The zero-order valence-corrected chi connectivity index (χ0v) is 15.6. The van der Waals surface area contributed by atoms with Crippen LogP contribution in [0, 0.1) is 0 Å². The van der Waals surface area contributed by atoms with Crippen molar-refractivity contribution in [3.63, 3.8) is 0 Å². The Balaban J connectivity index is 1.77. The summed E-state index contributed by atoms with van der Waals surface area (Å²) in [5.41, 5.74) is 0.155. The zero-order chi connectivity index (χ0) is 16.7. The molecule has 0 bridgehead atoms. The van der Waals surface area contributed by atoms with Crippen molar-refractivity contribution in [2.45, 2.75) is 57.8 Å². The molecule has 5 heteroatoms. The maximum atomic E-state index is 6.20. The first-order valence-corrected chi connectivity index (χ1v) is 9.30. The van der Waals surface area contributed by atoms with Gasteiger partial charge in [-0.2, -0.15) is 0 Å². The van der Waals surface area contributed by atoms with E-state index in [2.05, 4.69) is 37.6 Å². The number of morpholine rings is 1. The van der Waals surface area contributed by atoms with Crippen molar-refractivity contribution in [3.05, 3.63) is 0 Å². The molecule has 2 rings (SSSR count). The van der Waals surface area contributed by atoms with Crippen LogP contribution in [0.4, 0.5) is 0 Å². The van der Waals surface area contributed by atoms with Gasteiger partial charge in [0.05, 0.1) is 38.6 Å². The molecule has 0 aromatic rings. The minimum Gasteiger partial charge on any atom is -0.379 e. The van der Waals surface area contributed by atoms with Crippen LogP contribution in [0.25, 0.3) is 0 Å². The highest BCUT2D eigenvalue weighted by atomic mass is 16.5. The van der Waals surface area contributed by atoms with Crippen molar-refractivity contribution in [3.8, 4) is 0 Å². The highest BCUT2D eigenvalue weighted by Crippen LogP contribution is 2.34. The Labute approximate surface area is 142 Å². The van der Waals surface area contributed by atoms with Gasteiger partial charge in [-0.05, 0) is 33.7 Å². The third-order valence-corrected chi connectivity index (χ3v) is 5.16. The lowest BCUT2D eigenvalue weighted by atomic mass is 9.91. The largest absolute Gasteiger partial charge is 0.379 e. The molecule has 0 aromatic carbocycles. The quantitative estimate of drug-likeness (QED) is 0.647. The van der Waals surface area contributed by atoms with E-state index >= 15 is 0 Å². The summed E-state index contributed by atoms with van der Waals surface area (Å²) in [6.07, 6.45) is 4.08. The Bertz CT molecular complexity index is 334. The lowest BCUT2D eigenvalue weighted by Gasteiger charge is -2.36. The SMILES string of the molecule is CCCC1(COC(C)C)CC(OCCN2CCOCC2)CN1C. The summed E-state index contributed by atoms with van der Waals surface area (Å²) in [4.78, 5) is 4.90. The fourth-order valence-corrected chi connectivity index (χ4v) is 3.75. The van der Waals surface area contributed by atoms with Gasteiger partial charge in [0, 0.05) is 31.7 Å². The van der Waals surface area contributed by atoms with Crippen LogP contribution < -0.4 is 0 Å². The molecule has 0 aromatic heterocycles. The fourth-order valence-electron chi connectivity index (χ4n) is 3.75. The number of ether oxygens (including phenoxy) is 3. The van der Waals surface area contributed by atoms with Crippen LogP contribution in [-0.4, -0.2) is 87.2 Å². The summed E-state index contributed by atoms with van der Waals surface area (Å²) in [5.74, 6) is 0. The number of rotatable bonds is 9. The van der Waals surface area contributed by atoms with Gasteiger partial charge in [0.15, 0.2) is 0 Å². The van der Waals surface area contributed by atoms with Crippen LogP contribution in [0.5, 0.6) is 0 Å². The molecule has 2 saturated heterocycles. The van der Waals surface area contributed by atoms with Crippen molar-refractivity contribution < 1.29 is 14.2 Å². The predicted octanol–water partition coefficient (Wildman–Crippen LogP) is 2.00. The molecule has 0 spiro atoms. The van der Waals surface area contributed by atoms with Gasteiger partial charge in [0.2, 0.25) is 0 Å². The second kappa shape index (κ2) is 9.33. The van der Waals surface area contributed by atoms with Crippen molar-refractivity contribution in [2.75, 3.05) is 59.7 Å². The predicted molar refractivity (Wildman–Crippen MR) is 93.0 cm³/mol. The summed E-state index contributed by atoms with van der Waals surface area (Å²) in [5, 5.41) is 0. The summed E-state index contributed by atoms with van der Waals surface area (Å²) in [6, 6.07) is 0. The van der Waals surface area contributed by atoms with Crippen molar-refractivity contribution in [1.82, 2.24) is 9.80 Å². The molecule has 2 heterocycles. The maximum absolute atomic E-state index is 6.20. The van der Waals surface area contributed by atoms with Gasteiger partial charge >= 0.3 is 0 Å². The van der Waals surface area contributed by atoms with E-state index in [9.17, 15) is 0 Å². The second-order valence-corrected chi connectivity index (χ2v) is 7.37. The number of likely N-dealkylation sites (N-methyl/N-ethyl adjacent to an activating group) is 1. The van der Waals surface area contributed by atoms with E-state index in [1.165, 1.54) is 12.8 Å². The van der Waals surface area contributed by atoms with Gasteiger partial charge in [0.25, 0.3) is 0 Å². The maximum Gasteiger partial charge on any atom is 0.0721 e. The Kier molecular flexibility index (Phi) is 7.76. The number of hydrogen-bond acceptors (Lipinski definition) is 5. The van der Waals surface area contributed by atoms with E-state index in [0.717, 1.165) is 59.0 Å². The van der Waals surface area contributed by atoms with E-state index in [-0.39, 0.29) is 5.54 Å². The van der Waals surface area contributed by atoms with Crippen LogP contribution in [0.15, 0.2) is 0 Å². The number of likely N-dealkylation sites (tertiary alicyclic amines) is 1. The van der Waals surface area contributed by atoms with E-state index in [1.807, 2.05) is 0 Å². The molecule has 0 aliphatic carbocycles. The Hall–Kier alpha value is -0.200. The molecule has 2 atom stereocenters. The third kappa shape index (κ3) is 5.68. The molecule has 2 aliphatic heterocycles. The topological polar surface area (TPSA) is 34.2 Å². The lowest BCUT2D eigenvalue weighted by Crippen LogP contribution is -2.45.